The van der Waals surface area contributed by atoms with Crippen LogP contribution in [0.3, 0.4) is 0 Å². The summed E-state index contributed by atoms with van der Waals surface area (Å²) in [5.41, 5.74) is 0. The fraction of sp³-hybridized carbons (Fsp3) is 0.765. The maximum absolute atomic E-state index is 5.49. The van der Waals surface area contributed by atoms with Gasteiger partial charge in [0.25, 0.3) is 0 Å². The second kappa shape index (κ2) is 7.53. The summed E-state index contributed by atoms with van der Waals surface area (Å²) in [6, 6.07) is 2.17. The maximum atomic E-state index is 5.49. The van der Waals surface area contributed by atoms with E-state index in [9.17, 15) is 0 Å². The Balaban J connectivity index is 1.63. The number of morpholine rings is 2. The van der Waals surface area contributed by atoms with E-state index in [-0.39, 0.29) is 0 Å². The standard InChI is InChI=1S/C17H27N5O2/c1-2-4-20(5-3-1)15-14-16(21-6-10-23-11-7-21)19-17(18-15)22-8-12-24-13-9-22/h14H,1-13H2. The van der Waals surface area contributed by atoms with Gasteiger partial charge in [0, 0.05) is 45.3 Å². The van der Waals surface area contributed by atoms with Gasteiger partial charge in [-0.1, -0.05) is 0 Å². The van der Waals surface area contributed by atoms with Gasteiger partial charge in [-0.15, -0.1) is 0 Å². The molecule has 3 saturated heterocycles. The van der Waals surface area contributed by atoms with Crippen molar-refractivity contribution in [2.24, 2.45) is 0 Å². The summed E-state index contributed by atoms with van der Waals surface area (Å²) in [5.74, 6) is 2.96. The van der Waals surface area contributed by atoms with Crippen molar-refractivity contribution in [1.29, 1.82) is 0 Å². The molecule has 1 aromatic heterocycles. The highest BCUT2D eigenvalue weighted by Crippen LogP contribution is 2.26. The molecule has 4 heterocycles. The fourth-order valence-electron chi connectivity index (χ4n) is 3.55. The molecule has 3 aliphatic heterocycles. The van der Waals surface area contributed by atoms with E-state index in [0.29, 0.717) is 0 Å². The van der Waals surface area contributed by atoms with E-state index in [2.05, 4.69) is 20.8 Å². The van der Waals surface area contributed by atoms with Gasteiger partial charge in [0.2, 0.25) is 5.95 Å². The summed E-state index contributed by atoms with van der Waals surface area (Å²) in [4.78, 5) is 16.8. The number of anilines is 3. The second-order valence-electron chi connectivity index (χ2n) is 6.63. The van der Waals surface area contributed by atoms with Gasteiger partial charge in [-0.3, -0.25) is 0 Å². The zero-order valence-electron chi connectivity index (χ0n) is 14.3. The first-order chi connectivity index (χ1) is 11.9. The molecule has 0 aliphatic carbocycles. The van der Waals surface area contributed by atoms with Crippen LogP contribution in [0.15, 0.2) is 6.07 Å². The van der Waals surface area contributed by atoms with Gasteiger partial charge in [-0.2, -0.15) is 9.97 Å². The normalized spacial score (nSPS) is 22.8. The highest BCUT2D eigenvalue weighted by atomic mass is 16.5. The van der Waals surface area contributed by atoms with Crippen LogP contribution < -0.4 is 14.7 Å². The Morgan fingerprint density at radius 3 is 1.71 bits per heavy atom. The minimum Gasteiger partial charge on any atom is -0.378 e. The summed E-state index contributed by atoms with van der Waals surface area (Å²) in [5, 5.41) is 0. The molecule has 0 unspecified atom stereocenters. The topological polar surface area (TPSA) is 54.0 Å². The molecule has 0 N–H and O–H groups in total. The molecule has 7 nitrogen and oxygen atoms in total. The lowest BCUT2D eigenvalue weighted by molar-refractivity contribution is 0.121. The molecule has 0 aromatic carbocycles. The van der Waals surface area contributed by atoms with Crippen molar-refractivity contribution in [2.45, 2.75) is 19.3 Å². The van der Waals surface area contributed by atoms with Crippen molar-refractivity contribution < 1.29 is 9.47 Å². The summed E-state index contributed by atoms with van der Waals surface area (Å²) in [6.45, 7) is 8.79. The summed E-state index contributed by atoms with van der Waals surface area (Å²) >= 11 is 0. The Hall–Kier alpha value is -1.60. The van der Waals surface area contributed by atoms with Gasteiger partial charge >= 0.3 is 0 Å². The quantitative estimate of drug-likeness (QED) is 0.822. The van der Waals surface area contributed by atoms with Gasteiger partial charge in [-0.05, 0) is 19.3 Å². The van der Waals surface area contributed by atoms with E-state index < -0.39 is 0 Å². The maximum Gasteiger partial charge on any atom is 0.229 e. The first kappa shape index (κ1) is 15.9. The van der Waals surface area contributed by atoms with Crippen molar-refractivity contribution in [3.8, 4) is 0 Å². The molecule has 1 aromatic rings. The Bertz CT molecular complexity index is 449. The highest BCUT2D eigenvalue weighted by Gasteiger charge is 2.22. The lowest BCUT2D eigenvalue weighted by Crippen LogP contribution is -2.40. The number of rotatable bonds is 3. The molecule has 0 radical (unpaired) electrons. The van der Waals surface area contributed by atoms with Crippen LogP contribution in [0.4, 0.5) is 17.6 Å². The fourth-order valence-corrected chi connectivity index (χ4v) is 3.55. The number of hydrogen-bond donors (Lipinski definition) is 0. The van der Waals surface area contributed by atoms with Crippen LogP contribution >= 0.6 is 0 Å². The average Bonchev–Trinajstić information content (AvgIpc) is 2.70. The number of piperidine rings is 1. The van der Waals surface area contributed by atoms with E-state index >= 15 is 0 Å². The highest BCUT2D eigenvalue weighted by molar-refractivity contribution is 5.56. The SMILES string of the molecule is c1c(N2CCCCC2)nc(N2CCOCC2)nc1N1CCOCC1. The molecule has 0 atom stereocenters. The van der Waals surface area contributed by atoms with Crippen LogP contribution in [-0.4, -0.2) is 75.7 Å². The van der Waals surface area contributed by atoms with Crippen LogP contribution in [-0.2, 0) is 9.47 Å². The van der Waals surface area contributed by atoms with E-state index in [1.54, 1.807) is 0 Å². The minimum absolute atomic E-state index is 0.754. The number of ether oxygens (including phenoxy) is 2. The number of nitrogens with zero attached hydrogens (tertiary/aromatic N) is 5. The van der Waals surface area contributed by atoms with Gasteiger partial charge < -0.3 is 24.2 Å². The van der Waals surface area contributed by atoms with Crippen molar-refractivity contribution in [3.63, 3.8) is 0 Å². The van der Waals surface area contributed by atoms with Crippen molar-refractivity contribution in [1.82, 2.24) is 9.97 Å². The third kappa shape index (κ3) is 3.57. The molecular weight excluding hydrogens is 306 g/mol. The first-order valence-electron chi connectivity index (χ1n) is 9.19. The lowest BCUT2D eigenvalue weighted by Gasteiger charge is -2.33. The second-order valence-corrected chi connectivity index (χ2v) is 6.63. The van der Waals surface area contributed by atoms with E-state index in [4.69, 9.17) is 19.4 Å². The van der Waals surface area contributed by atoms with Gasteiger partial charge in [0.1, 0.15) is 11.6 Å². The predicted octanol–water partition coefficient (Wildman–Crippen LogP) is 1.14. The Morgan fingerprint density at radius 2 is 1.12 bits per heavy atom. The van der Waals surface area contributed by atoms with Crippen LogP contribution in [0.5, 0.6) is 0 Å². The summed E-state index contributed by atoms with van der Waals surface area (Å²) < 4.78 is 11.0. The lowest BCUT2D eigenvalue weighted by atomic mass is 10.1. The third-order valence-corrected chi connectivity index (χ3v) is 5.00. The zero-order valence-corrected chi connectivity index (χ0v) is 14.3. The Labute approximate surface area is 143 Å². The molecule has 24 heavy (non-hydrogen) atoms. The van der Waals surface area contributed by atoms with Crippen molar-refractivity contribution in [2.75, 3.05) is 80.4 Å². The molecule has 0 spiro atoms. The van der Waals surface area contributed by atoms with Crippen LogP contribution in [0.2, 0.25) is 0 Å². The molecule has 3 aliphatic rings. The first-order valence-corrected chi connectivity index (χ1v) is 9.19. The van der Waals surface area contributed by atoms with Crippen molar-refractivity contribution in [3.05, 3.63) is 6.07 Å². The van der Waals surface area contributed by atoms with Gasteiger partial charge in [0.05, 0.1) is 26.4 Å². The van der Waals surface area contributed by atoms with E-state index in [0.717, 1.165) is 83.3 Å². The van der Waals surface area contributed by atoms with Crippen LogP contribution in [0.1, 0.15) is 19.3 Å². The Morgan fingerprint density at radius 1 is 0.625 bits per heavy atom. The summed E-state index contributed by atoms with van der Waals surface area (Å²) in [7, 11) is 0. The Kier molecular flexibility index (Phi) is 4.99. The molecule has 0 bridgehead atoms. The van der Waals surface area contributed by atoms with Gasteiger partial charge in [-0.25, -0.2) is 0 Å². The molecule has 4 rings (SSSR count). The van der Waals surface area contributed by atoms with Crippen LogP contribution in [0, 0.1) is 0 Å². The minimum atomic E-state index is 0.754. The van der Waals surface area contributed by atoms with E-state index in [1.807, 2.05) is 0 Å². The van der Waals surface area contributed by atoms with E-state index in [1.165, 1.54) is 19.3 Å². The number of aromatic nitrogens is 2. The largest absolute Gasteiger partial charge is 0.378 e. The van der Waals surface area contributed by atoms with Crippen LogP contribution in [0.25, 0.3) is 0 Å². The number of hydrogen-bond acceptors (Lipinski definition) is 7. The molecule has 7 heteroatoms. The molecule has 132 valence electrons. The zero-order chi connectivity index (χ0) is 16.2. The third-order valence-electron chi connectivity index (χ3n) is 5.00. The monoisotopic (exact) mass is 333 g/mol. The molecule has 3 fully saturated rings. The predicted molar refractivity (Wildman–Crippen MR) is 94.2 cm³/mol. The smallest absolute Gasteiger partial charge is 0.229 e. The molecule has 0 amide bonds. The molecular formula is C17H27N5O2. The summed E-state index contributed by atoms with van der Waals surface area (Å²) in [6.07, 6.45) is 3.84. The van der Waals surface area contributed by atoms with Crippen molar-refractivity contribution >= 4 is 17.6 Å². The average molecular weight is 333 g/mol. The molecule has 0 saturated carbocycles. The van der Waals surface area contributed by atoms with Gasteiger partial charge in [0.15, 0.2) is 0 Å².